The number of aromatic nitrogens is 1. The first-order chi connectivity index (χ1) is 7.72. The fraction of sp³-hybridized carbons (Fsp3) is 0.583. The van der Waals surface area contributed by atoms with E-state index < -0.39 is 0 Å². The molecular weight excluding hydrogens is 202 g/mol. The largest absolute Gasteiger partial charge is 0.471 e. The van der Waals surface area contributed by atoms with Crippen LogP contribution in [0.1, 0.15) is 26.3 Å². The summed E-state index contributed by atoms with van der Waals surface area (Å²) < 4.78 is 5.61. The molecule has 0 saturated heterocycles. The van der Waals surface area contributed by atoms with Gasteiger partial charge in [0.1, 0.15) is 11.8 Å². The first-order valence-corrected chi connectivity index (χ1v) is 5.80. The molecule has 4 heteroatoms. The van der Waals surface area contributed by atoms with Crippen molar-refractivity contribution in [3.8, 4) is 5.88 Å². The molecule has 4 nitrogen and oxygen atoms in total. The molecule has 90 valence electrons. The Labute approximate surface area is 97.4 Å². The lowest BCUT2D eigenvalue weighted by molar-refractivity contribution is 0.216. The van der Waals surface area contributed by atoms with Gasteiger partial charge < -0.3 is 15.4 Å². The molecule has 0 amide bonds. The Morgan fingerprint density at radius 2 is 2.19 bits per heavy atom. The summed E-state index contributed by atoms with van der Waals surface area (Å²) in [7, 11) is 1.89. The highest BCUT2D eigenvalue weighted by molar-refractivity contribution is 5.69. The highest BCUT2D eigenvalue weighted by atomic mass is 16.5. The lowest BCUT2D eigenvalue weighted by Gasteiger charge is -2.25. The molecule has 0 aromatic carbocycles. The van der Waals surface area contributed by atoms with Gasteiger partial charge in [-0.25, -0.2) is 4.98 Å². The van der Waals surface area contributed by atoms with E-state index in [-0.39, 0.29) is 6.10 Å². The molecule has 1 aromatic rings. The molecule has 1 aromatic heterocycles. The van der Waals surface area contributed by atoms with Crippen LogP contribution in [0.2, 0.25) is 0 Å². The van der Waals surface area contributed by atoms with Crippen LogP contribution in [-0.4, -0.2) is 24.7 Å². The van der Waals surface area contributed by atoms with Crippen molar-refractivity contribution in [2.24, 2.45) is 0 Å². The fourth-order valence-corrected chi connectivity index (χ4v) is 1.61. The second kappa shape index (κ2) is 5.58. The van der Waals surface area contributed by atoms with Crippen molar-refractivity contribution in [3.63, 3.8) is 0 Å². The molecule has 2 N–H and O–H groups in total. The minimum atomic E-state index is 0.190. The summed E-state index contributed by atoms with van der Waals surface area (Å²) in [5.74, 6) is 0.709. The van der Waals surface area contributed by atoms with E-state index in [1.54, 1.807) is 6.20 Å². The normalized spacial score (nSPS) is 17.2. The van der Waals surface area contributed by atoms with Crippen LogP contribution < -0.4 is 15.4 Å². The molecule has 1 aliphatic rings. The number of nitrogens with one attached hydrogen (secondary N) is 2. The van der Waals surface area contributed by atoms with Crippen molar-refractivity contribution in [2.45, 2.75) is 33.8 Å². The topological polar surface area (TPSA) is 46.2 Å². The fourth-order valence-electron chi connectivity index (χ4n) is 1.61. The summed E-state index contributed by atoms with van der Waals surface area (Å²) in [6.45, 7) is 8.92. The van der Waals surface area contributed by atoms with Crippen molar-refractivity contribution < 1.29 is 4.74 Å². The summed E-state index contributed by atoms with van der Waals surface area (Å²) in [5, 5.41) is 6.43. The van der Waals surface area contributed by atoms with E-state index in [0.29, 0.717) is 5.88 Å². The van der Waals surface area contributed by atoms with Crippen LogP contribution in [-0.2, 0) is 0 Å². The maximum absolute atomic E-state index is 5.61. The number of rotatable bonds is 1. The quantitative estimate of drug-likeness (QED) is 0.768. The highest BCUT2D eigenvalue weighted by Crippen LogP contribution is 2.33. The van der Waals surface area contributed by atoms with Crippen LogP contribution >= 0.6 is 0 Å². The number of fused-ring (bicyclic) bond motifs is 1. The van der Waals surface area contributed by atoms with Crippen LogP contribution in [0.3, 0.4) is 0 Å². The van der Waals surface area contributed by atoms with Crippen molar-refractivity contribution >= 4 is 11.4 Å². The van der Waals surface area contributed by atoms with Gasteiger partial charge in [0, 0.05) is 12.6 Å². The van der Waals surface area contributed by atoms with E-state index >= 15 is 0 Å². The number of pyridine rings is 1. The second-order valence-corrected chi connectivity index (χ2v) is 3.54. The van der Waals surface area contributed by atoms with E-state index in [2.05, 4.69) is 22.5 Å². The van der Waals surface area contributed by atoms with Gasteiger partial charge in [0.25, 0.3) is 0 Å². The van der Waals surface area contributed by atoms with Gasteiger partial charge in [-0.15, -0.1) is 0 Å². The lowest BCUT2D eigenvalue weighted by Crippen LogP contribution is -2.28. The minimum Gasteiger partial charge on any atom is -0.471 e. The maximum Gasteiger partial charge on any atom is 0.238 e. The van der Waals surface area contributed by atoms with Crippen LogP contribution in [0.25, 0.3) is 0 Å². The molecule has 0 aliphatic carbocycles. The van der Waals surface area contributed by atoms with Gasteiger partial charge >= 0.3 is 0 Å². The van der Waals surface area contributed by atoms with Gasteiger partial charge in [0.15, 0.2) is 0 Å². The zero-order chi connectivity index (χ0) is 12.1. The summed E-state index contributed by atoms with van der Waals surface area (Å²) in [5.41, 5.74) is 3.20. The Balaban J connectivity index is 0.000000606. The van der Waals surface area contributed by atoms with Gasteiger partial charge in [0.05, 0.1) is 18.4 Å². The highest BCUT2D eigenvalue weighted by Gasteiger charge is 2.19. The molecule has 2 heterocycles. The molecule has 1 aliphatic heterocycles. The van der Waals surface area contributed by atoms with Gasteiger partial charge in [-0.2, -0.15) is 0 Å². The van der Waals surface area contributed by atoms with Crippen LogP contribution in [0, 0.1) is 6.92 Å². The zero-order valence-corrected chi connectivity index (χ0v) is 10.7. The maximum atomic E-state index is 5.61. The van der Waals surface area contributed by atoms with E-state index in [1.165, 1.54) is 0 Å². The molecule has 2 rings (SSSR count). The SMILES string of the molecule is CC.CNc1cnc2c(c1C)NCC(C)O2. The van der Waals surface area contributed by atoms with E-state index in [0.717, 1.165) is 23.5 Å². The molecule has 0 saturated carbocycles. The third-order valence-electron chi connectivity index (χ3n) is 2.45. The molecular formula is C12H21N3O. The van der Waals surface area contributed by atoms with Crippen LogP contribution in [0.4, 0.5) is 11.4 Å². The molecule has 0 radical (unpaired) electrons. The standard InChI is InChI=1S/C10H15N3O.C2H6/c1-6-4-12-9-7(2)8(11-3)5-13-10(9)14-6;1-2/h5-6,11-12H,4H2,1-3H3;1-2H3. The minimum absolute atomic E-state index is 0.190. The molecule has 0 bridgehead atoms. The van der Waals surface area contributed by atoms with Gasteiger partial charge in [-0.1, -0.05) is 13.8 Å². The monoisotopic (exact) mass is 223 g/mol. The summed E-state index contributed by atoms with van der Waals surface area (Å²) in [6, 6.07) is 0. The predicted octanol–water partition coefficient (Wildman–Crippen LogP) is 2.65. The first kappa shape index (κ1) is 12.6. The summed E-state index contributed by atoms with van der Waals surface area (Å²) >= 11 is 0. The average Bonchev–Trinajstić information content (AvgIpc) is 2.32. The Hall–Kier alpha value is -1.45. The van der Waals surface area contributed by atoms with Crippen LogP contribution in [0.15, 0.2) is 6.20 Å². The average molecular weight is 223 g/mol. The smallest absolute Gasteiger partial charge is 0.238 e. The molecule has 1 unspecified atom stereocenters. The van der Waals surface area contributed by atoms with Crippen LogP contribution in [0.5, 0.6) is 5.88 Å². The van der Waals surface area contributed by atoms with E-state index in [4.69, 9.17) is 4.74 Å². The number of anilines is 2. The predicted molar refractivity (Wildman–Crippen MR) is 68.4 cm³/mol. The van der Waals surface area contributed by atoms with Crippen molar-refractivity contribution in [1.29, 1.82) is 0 Å². The van der Waals surface area contributed by atoms with E-state index in [1.807, 2.05) is 27.8 Å². The van der Waals surface area contributed by atoms with Gasteiger partial charge in [0.2, 0.25) is 5.88 Å². The molecule has 0 fully saturated rings. The number of nitrogens with zero attached hydrogens (tertiary/aromatic N) is 1. The van der Waals surface area contributed by atoms with Gasteiger partial charge in [-0.05, 0) is 13.8 Å². The van der Waals surface area contributed by atoms with E-state index in [9.17, 15) is 0 Å². The van der Waals surface area contributed by atoms with Gasteiger partial charge in [-0.3, -0.25) is 0 Å². The van der Waals surface area contributed by atoms with Crippen molar-refractivity contribution in [1.82, 2.24) is 4.98 Å². The number of hydrogen-bond acceptors (Lipinski definition) is 4. The molecule has 1 atom stereocenters. The number of ether oxygens (including phenoxy) is 1. The Morgan fingerprint density at radius 1 is 1.50 bits per heavy atom. The van der Waals surface area contributed by atoms with Crippen molar-refractivity contribution in [2.75, 3.05) is 24.2 Å². The van der Waals surface area contributed by atoms with Crippen molar-refractivity contribution in [3.05, 3.63) is 11.8 Å². The number of hydrogen-bond donors (Lipinski definition) is 2. The molecule has 0 spiro atoms. The third kappa shape index (κ3) is 2.38. The molecule has 16 heavy (non-hydrogen) atoms. The first-order valence-electron chi connectivity index (χ1n) is 5.80. The third-order valence-corrected chi connectivity index (χ3v) is 2.45. The Morgan fingerprint density at radius 3 is 2.81 bits per heavy atom. The summed E-state index contributed by atoms with van der Waals surface area (Å²) in [6.07, 6.45) is 1.99. The Kier molecular flexibility index (Phi) is 4.40. The lowest BCUT2D eigenvalue weighted by atomic mass is 10.2. The second-order valence-electron chi connectivity index (χ2n) is 3.54. The summed E-state index contributed by atoms with van der Waals surface area (Å²) in [4.78, 5) is 4.25. The zero-order valence-electron chi connectivity index (χ0n) is 10.7. The Bertz CT molecular complexity index is 352.